The Bertz CT molecular complexity index is 374. The van der Waals surface area contributed by atoms with E-state index in [0.717, 1.165) is 25.7 Å². The highest BCUT2D eigenvalue weighted by Gasteiger charge is 2.17. The van der Waals surface area contributed by atoms with Crippen LogP contribution in [0.15, 0.2) is 18.2 Å². The van der Waals surface area contributed by atoms with E-state index in [1.807, 2.05) is 0 Å². The topological polar surface area (TPSA) is 15.3 Å². The van der Waals surface area contributed by atoms with Crippen LogP contribution < -0.4 is 5.32 Å². The summed E-state index contributed by atoms with van der Waals surface area (Å²) in [5.74, 6) is -1.48. The fraction of sp³-hybridized carbons (Fsp3) is 0.500. The van der Waals surface area contributed by atoms with Crippen LogP contribution in [-0.2, 0) is 6.54 Å². The van der Waals surface area contributed by atoms with E-state index < -0.39 is 11.6 Å². The van der Waals surface area contributed by atoms with Crippen molar-refractivity contribution in [1.29, 1.82) is 0 Å². The van der Waals surface area contributed by atoms with Gasteiger partial charge in [-0.15, -0.1) is 12.4 Å². The fourth-order valence-electron chi connectivity index (χ4n) is 2.07. The second-order valence-corrected chi connectivity index (χ2v) is 4.30. The van der Waals surface area contributed by atoms with Gasteiger partial charge in [0, 0.05) is 37.8 Å². The van der Waals surface area contributed by atoms with Crippen LogP contribution in [0.1, 0.15) is 12.5 Å². The highest BCUT2D eigenvalue weighted by molar-refractivity contribution is 5.85. The van der Waals surface area contributed by atoms with Crippen LogP contribution in [-0.4, -0.2) is 30.6 Å². The van der Waals surface area contributed by atoms with Gasteiger partial charge in [-0.05, 0) is 13.0 Å². The molecule has 1 aromatic rings. The normalized spacial score (nSPS) is 21.0. The number of nitrogens with zero attached hydrogens (tertiary/aromatic N) is 1. The highest BCUT2D eigenvalue weighted by atomic mass is 35.5. The lowest BCUT2D eigenvalue weighted by Gasteiger charge is -2.31. The summed E-state index contributed by atoms with van der Waals surface area (Å²) in [4.78, 5) is 2.14. The lowest BCUT2D eigenvalue weighted by atomic mass is 10.1. The zero-order valence-electron chi connectivity index (χ0n) is 9.75. The summed E-state index contributed by atoms with van der Waals surface area (Å²) < 4.78 is 26.4. The zero-order valence-corrected chi connectivity index (χ0v) is 10.6. The molecule has 1 heterocycles. The number of piperazine rings is 1. The molecule has 5 heteroatoms. The van der Waals surface area contributed by atoms with Gasteiger partial charge in [0.15, 0.2) is 11.6 Å². The highest BCUT2D eigenvalue weighted by Crippen LogP contribution is 2.14. The minimum Gasteiger partial charge on any atom is -0.312 e. The van der Waals surface area contributed by atoms with Gasteiger partial charge in [0.2, 0.25) is 0 Å². The van der Waals surface area contributed by atoms with Gasteiger partial charge in [-0.1, -0.05) is 12.1 Å². The zero-order chi connectivity index (χ0) is 11.5. The third-order valence-electron chi connectivity index (χ3n) is 2.88. The van der Waals surface area contributed by atoms with Crippen molar-refractivity contribution in [3.8, 4) is 0 Å². The van der Waals surface area contributed by atoms with E-state index >= 15 is 0 Å². The number of hydrogen-bond donors (Lipinski definition) is 1. The van der Waals surface area contributed by atoms with Crippen molar-refractivity contribution < 1.29 is 8.78 Å². The predicted octanol–water partition coefficient (Wildman–Crippen LogP) is 2.18. The van der Waals surface area contributed by atoms with Crippen LogP contribution in [0.3, 0.4) is 0 Å². The Morgan fingerprint density at radius 1 is 1.41 bits per heavy atom. The molecular formula is C12H17ClF2N2. The second-order valence-electron chi connectivity index (χ2n) is 4.30. The molecule has 96 valence electrons. The van der Waals surface area contributed by atoms with Crippen LogP contribution in [0.5, 0.6) is 0 Å². The molecule has 0 bridgehead atoms. The maximum Gasteiger partial charge on any atom is 0.163 e. The molecule has 2 rings (SSSR count). The molecule has 1 aromatic carbocycles. The molecule has 1 aliphatic heterocycles. The van der Waals surface area contributed by atoms with Crippen LogP contribution in [0.25, 0.3) is 0 Å². The van der Waals surface area contributed by atoms with Crippen molar-refractivity contribution in [2.24, 2.45) is 0 Å². The van der Waals surface area contributed by atoms with Crippen LogP contribution in [0.2, 0.25) is 0 Å². The fourth-order valence-corrected chi connectivity index (χ4v) is 2.07. The third-order valence-corrected chi connectivity index (χ3v) is 2.88. The molecule has 0 amide bonds. The molecule has 1 atom stereocenters. The first-order chi connectivity index (χ1) is 7.66. The number of benzene rings is 1. The van der Waals surface area contributed by atoms with Crippen molar-refractivity contribution >= 4 is 12.4 Å². The van der Waals surface area contributed by atoms with Crippen molar-refractivity contribution in [3.05, 3.63) is 35.4 Å². The summed E-state index contributed by atoms with van der Waals surface area (Å²) in [5, 5.41) is 3.31. The van der Waals surface area contributed by atoms with Crippen LogP contribution >= 0.6 is 12.4 Å². The molecule has 17 heavy (non-hydrogen) atoms. The summed E-state index contributed by atoms with van der Waals surface area (Å²) >= 11 is 0. The molecular weight excluding hydrogens is 246 g/mol. The summed E-state index contributed by atoms with van der Waals surface area (Å²) in [6, 6.07) is 4.76. The van der Waals surface area contributed by atoms with Gasteiger partial charge in [0.05, 0.1) is 0 Å². The van der Waals surface area contributed by atoms with Gasteiger partial charge in [-0.2, -0.15) is 0 Å². The van der Waals surface area contributed by atoms with E-state index in [2.05, 4.69) is 17.1 Å². The van der Waals surface area contributed by atoms with E-state index in [4.69, 9.17) is 0 Å². The molecule has 0 spiro atoms. The first-order valence-electron chi connectivity index (χ1n) is 5.55. The molecule has 1 unspecified atom stereocenters. The summed E-state index contributed by atoms with van der Waals surface area (Å²) in [6.45, 7) is 5.22. The van der Waals surface area contributed by atoms with Crippen molar-refractivity contribution in [3.63, 3.8) is 0 Å². The first-order valence-corrected chi connectivity index (χ1v) is 5.55. The van der Waals surface area contributed by atoms with Gasteiger partial charge in [-0.25, -0.2) is 8.78 Å². The smallest absolute Gasteiger partial charge is 0.163 e. The second kappa shape index (κ2) is 6.28. The van der Waals surface area contributed by atoms with Crippen molar-refractivity contribution in [1.82, 2.24) is 10.2 Å². The molecule has 0 aromatic heterocycles. The van der Waals surface area contributed by atoms with Gasteiger partial charge >= 0.3 is 0 Å². The van der Waals surface area contributed by atoms with Crippen LogP contribution in [0.4, 0.5) is 8.78 Å². The first kappa shape index (κ1) is 14.4. The monoisotopic (exact) mass is 262 g/mol. The molecule has 1 aliphatic rings. The Hall–Kier alpha value is -0.710. The molecule has 1 saturated heterocycles. The summed E-state index contributed by atoms with van der Waals surface area (Å²) in [6.07, 6.45) is 0. The van der Waals surface area contributed by atoms with Crippen LogP contribution in [0, 0.1) is 11.6 Å². The average Bonchev–Trinajstić information content (AvgIpc) is 2.25. The lowest BCUT2D eigenvalue weighted by molar-refractivity contribution is 0.197. The molecule has 0 radical (unpaired) electrons. The Morgan fingerprint density at radius 3 is 2.88 bits per heavy atom. The van der Waals surface area contributed by atoms with E-state index in [-0.39, 0.29) is 12.4 Å². The summed E-state index contributed by atoms with van der Waals surface area (Å²) in [7, 11) is 0. The minimum absolute atomic E-state index is 0. The molecule has 0 saturated carbocycles. The molecule has 1 N–H and O–H groups in total. The standard InChI is InChI=1S/C12H16F2N2.ClH/c1-9-7-16(6-5-15-9)8-10-3-2-4-11(13)12(10)14;/h2-4,9,15H,5-8H2,1H3;1H. The molecule has 2 nitrogen and oxygen atoms in total. The Labute approximate surface area is 106 Å². The largest absolute Gasteiger partial charge is 0.312 e. The molecule has 1 fully saturated rings. The van der Waals surface area contributed by atoms with Gasteiger partial charge in [0.25, 0.3) is 0 Å². The molecule has 0 aliphatic carbocycles. The van der Waals surface area contributed by atoms with Gasteiger partial charge < -0.3 is 5.32 Å². The maximum absolute atomic E-state index is 13.4. The lowest BCUT2D eigenvalue weighted by Crippen LogP contribution is -2.48. The number of nitrogens with one attached hydrogen (secondary N) is 1. The van der Waals surface area contributed by atoms with E-state index in [0.29, 0.717) is 18.2 Å². The number of hydrogen-bond acceptors (Lipinski definition) is 2. The maximum atomic E-state index is 13.4. The summed E-state index contributed by atoms with van der Waals surface area (Å²) in [5.41, 5.74) is 0.439. The Morgan fingerprint density at radius 2 is 2.18 bits per heavy atom. The third kappa shape index (κ3) is 3.63. The number of rotatable bonds is 2. The Kier molecular flexibility index (Phi) is 5.31. The van der Waals surface area contributed by atoms with E-state index in [9.17, 15) is 8.78 Å². The number of halogens is 3. The quantitative estimate of drug-likeness (QED) is 0.879. The van der Waals surface area contributed by atoms with Crippen molar-refractivity contribution in [2.45, 2.75) is 19.5 Å². The van der Waals surface area contributed by atoms with E-state index in [1.54, 1.807) is 12.1 Å². The predicted molar refractivity (Wildman–Crippen MR) is 66.3 cm³/mol. The minimum atomic E-state index is -0.763. The van der Waals surface area contributed by atoms with Crippen molar-refractivity contribution in [2.75, 3.05) is 19.6 Å². The van der Waals surface area contributed by atoms with Gasteiger partial charge in [-0.3, -0.25) is 4.90 Å². The Balaban J connectivity index is 0.00000144. The average molecular weight is 263 g/mol. The SMILES string of the molecule is CC1CN(Cc2cccc(F)c2F)CCN1.Cl. The van der Waals surface area contributed by atoms with Gasteiger partial charge in [0.1, 0.15) is 0 Å². The van der Waals surface area contributed by atoms with E-state index in [1.165, 1.54) is 0 Å².